The van der Waals surface area contributed by atoms with E-state index < -0.39 is 6.95 Å². The maximum absolute atomic E-state index is 9.09. The van der Waals surface area contributed by atoms with Crippen LogP contribution in [0, 0.1) is 5.92 Å². The number of alkyl halides is 1. The van der Waals surface area contributed by atoms with Crippen LogP contribution in [0.5, 0.6) is 0 Å². The molecule has 0 spiro atoms. The van der Waals surface area contributed by atoms with E-state index in [1.54, 1.807) is 0 Å². The van der Waals surface area contributed by atoms with E-state index in [2.05, 4.69) is 48.5 Å². The van der Waals surface area contributed by atoms with Crippen molar-refractivity contribution in [2.75, 3.05) is 5.88 Å². The summed E-state index contributed by atoms with van der Waals surface area (Å²) in [6.45, 7) is -1.85. The molecule has 2 N–H and O–H groups in total. The van der Waals surface area contributed by atoms with Gasteiger partial charge in [0, 0.05) is 17.1 Å². The lowest BCUT2D eigenvalue weighted by atomic mass is 9.96. The van der Waals surface area contributed by atoms with Crippen molar-refractivity contribution < 1.29 is 14.4 Å². The van der Waals surface area contributed by atoms with Gasteiger partial charge in [0.15, 0.2) is 0 Å². The molecule has 0 fully saturated rings. The summed E-state index contributed by atoms with van der Waals surface area (Å²) < 4.78 is 9.09. The molecule has 6 heteroatoms. The number of hydrogen-bond donors (Lipinski definition) is 2. The van der Waals surface area contributed by atoms with Crippen molar-refractivity contribution in [3.63, 3.8) is 0 Å². The van der Waals surface area contributed by atoms with Gasteiger partial charge in [-0.3, -0.25) is 0 Å². The molecule has 110 valence electrons. The Labute approximate surface area is 124 Å². The molecule has 0 heterocycles. The standard InChI is InChI=1S/C13H19Cl.ClH2O3P/c1-12(7-5-6-10-14)11-13-8-3-2-4-9-13;1-5(2,3)4/h2-4,8-9,12H,5-7,10-11H2,1H3;(H2,2,3,4). The molecule has 0 saturated heterocycles. The summed E-state index contributed by atoms with van der Waals surface area (Å²) in [7, 11) is 0. The van der Waals surface area contributed by atoms with E-state index in [4.69, 9.17) is 26.0 Å². The molecule has 19 heavy (non-hydrogen) atoms. The monoisotopic (exact) mass is 326 g/mol. The second-order valence-corrected chi connectivity index (χ2v) is 7.10. The zero-order valence-corrected chi connectivity index (χ0v) is 13.4. The van der Waals surface area contributed by atoms with E-state index in [1.807, 2.05) is 0 Å². The van der Waals surface area contributed by atoms with Crippen molar-refractivity contribution in [1.82, 2.24) is 0 Å². The van der Waals surface area contributed by atoms with Crippen LogP contribution in [0.3, 0.4) is 0 Å². The fraction of sp³-hybridized carbons (Fsp3) is 0.538. The molecule has 1 atom stereocenters. The minimum absolute atomic E-state index is 0.778. The number of halogens is 2. The zero-order valence-electron chi connectivity index (χ0n) is 11.0. The lowest BCUT2D eigenvalue weighted by molar-refractivity contribution is 0.395. The first-order valence-electron chi connectivity index (χ1n) is 6.18. The van der Waals surface area contributed by atoms with E-state index in [0.29, 0.717) is 0 Å². The van der Waals surface area contributed by atoms with Crippen molar-refractivity contribution in [3.05, 3.63) is 35.9 Å². The van der Waals surface area contributed by atoms with Crippen LogP contribution in [0.15, 0.2) is 30.3 Å². The molecule has 1 unspecified atom stereocenters. The Hall–Kier alpha value is -0.0500. The Morgan fingerprint density at radius 2 is 1.74 bits per heavy atom. The van der Waals surface area contributed by atoms with Crippen LogP contribution in [0.2, 0.25) is 0 Å². The summed E-state index contributed by atoms with van der Waals surface area (Å²) in [6, 6.07) is 10.7. The SMILES string of the molecule is CC(CCCCCl)Cc1ccccc1.O=P(O)(O)Cl. The normalized spacial score (nSPS) is 12.5. The van der Waals surface area contributed by atoms with Gasteiger partial charge in [-0.25, -0.2) is 4.57 Å². The Bertz CT molecular complexity index is 359. The third-order valence-electron chi connectivity index (χ3n) is 2.51. The van der Waals surface area contributed by atoms with Gasteiger partial charge in [0.05, 0.1) is 0 Å². The smallest absolute Gasteiger partial charge is 0.313 e. The highest BCUT2D eigenvalue weighted by Gasteiger charge is 2.02. The van der Waals surface area contributed by atoms with Gasteiger partial charge in [-0.05, 0) is 24.3 Å². The van der Waals surface area contributed by atoms with Crippen molar-refractivity contribution in [2.24, 2.45) is 5.92 Å². The van der Waals surface area contributed by atoms with Gasteiger partial charge in [0.2, 0.25) is 0 Å². The topological polar surface area (TPSA) is 57.5 Å². The first-order chi connectivity index (χ1) is 8.83. The second-order valence-electron chi connectivity index (χ2n) is 4.45. The molecule has 0 aromatic heterocycles. The highest BCUT2D eigenvalue weighted by molar-refractivity contribution is 7.79. The summed E-state index contributed by atoms with van der Waals surface area (Å²) in [4.78, 5) is 14.8. The van der Waals surface area contributed by atoms with Crippen molar-refractivity contribution in [2.45, 2.75) is 32.6 Å². The van der Waals surface area contributed by atoms with Crippen molar-refractivity contribution in [1.29, 1.82) is 0 Å². The van der Waals surface area contributed by atoms with Gasteiger partial charge in [0.25, 0.3) is 0 Å². The molecule has 3 nitrogen and oxygen atoms in total. The van der Waals surface area contributed by atoms with E-state index in [9.17, 15) is 0 Å². The van der Waals surface area contributed by atoms with Crippen LogP contribution in [-0.4, -0.2) is 15.7 Å². The first-order valence-corrected chi connectivity index (χ1v) is 9.23. The molecule has 0 amide bonds. The van der Waals surface area contributed by atoms with Crippen LogP contribution >= 0.6 is 29.8 Å². The summed E-state index contributed by atoms with van der Waals surface area (Å²) in [5.74, 6) is 1.58. The molecule has 0 aliphatic heterocycles. The number of rotatable bonds is 6. The van der Waals surface area contributed by atoms with Crippen LogP contribution in [0.25, 0.3) is 0 Å². The maximum Gasteiger partial charge on any atom is 0.419 e. The first kappa shape index (κ1) is 18.9. The third-order valence-corrected chi connectivity index (χ3v) is 2.77. The number of benzene rings is 1. The minimum atomic E-state index is -4.17. The predicted octanol–water partition coefficient (Wildman–Crippen LogP) is 4.59. The molecule has 0 saturated carbocycles. The van der Waals surface area contributed by atoms with E-state index in [0.717, 1.165) is 18.2 Å². The summed E-state index contributed by atoms with van der Waals surface area (Å²) in [5, 5.41) is 0. The van der Waals surface area contributed by atoms with Gasteiger partial charge < -0.3 is 9.79 Å². The molecule has 0 aliphatic rings. The molecule has 0 bridgehead atoms. The van der Waals surface area contributed by atoms with E-state index in [1.165, 1.54) is 24.8 Å². The Balaban J connectivity index is 0.000000555. The molecule has 0 aliphatic carbocycles. The number of hydrogen-bond acceptors (Lipinski definition) is 1. The van der Waals surface area contributed by atoms with Crippen LogP contribution in [-0.2, 0) is 11.0 Å². The van der Waals surface area contributed by atoms with Gasteiger partial charge in [-0.15, -0.1) is 11.6 Å². The van der Waals surface area contributed by atoms with Gasteiger partial charge in [-0.2, -0.15) is 0 Å². The molecule has 0 radical (unpaired) electrons. The van der Waals surface area contributed by atoms with Crippen LogP contribution < -0.4 is 0 Å². The van der Waals surface area contributed by atoms with Gasteiger partial charge in [0.1, 0.15) is 0 Å². The molecular weight excluding hydrogens is 306 g/mol. The third kappa shape index (κ3) is 15.9. The Kier molecular flexibility index (Phi) is 10.7. The average Bonchev–Trinajstić information content (AvgIpc) is 2.28. The van der Waals surface area contributed by atoms with Crippen molar-refractivity contribution in [3.8, 4) is 0 Å². The second kappa shape index (κ2) is 10.7. The predicted molar refractivity (Wildman–Crippen MR) is 81.8 cm³/mol. The molecule has 1 aromatic rings. The fourth-order valence-corrected chi connectivity index (χ4v) is 1.89. The molecule has 1 rings (SSSR count). The fourth-order valence-electron chi connectivity index (χ4n) is 1.71. The summed E-state index contributed by atoms with van der Waals surface area (Å²) in [6.07, 6.45) is 4.91. The van der Waals surface area contributed by atoms with Crippen LogP contribution in [0.1, 0.15) is 31.7 Å². The summed E-state index contributed by atoms with van der Waals surface area (Å²) in [5.41, 5.74) is 1.45. The Morgan fingerprint density at radius 1 is 1.21 bits per heavy atom. The van der Waals surface area contributed by atoms with Gasteiger partial charge >= 0.3 is 6.95 Å². The number of unbranched alkanes of at least 4 members (excludes halogenated alkanes) is 1. The highest BCUT2D eigenvalue weighted by atomic mass is 35.7. The average molecular weight is 327 g/mol. The highest BCUT2D eigenvalue weighted by Crippen LogP contribution is 2.39. The lowest BCUT2D eigenvalue weighted by Gasteiger charge is -2.10. The van der Waals surface area contributed by atoms with E-state index in [-0.39, 0.29) is 0 Å². The van der Waals surface area contributed by atoms with E-state index >= 15 is 0 Å². The van der Waals surface area contributed by atoms with Crippen molar-refractivity contribution >= 4 is 29.8 Å². The Morgan fingerprint density at radius 3 is 2.21 bits per heavy atom. The summed E-state index contributed by atoms with van der Waals surface area (Å²) >= 11 is 9.84. The lowest BCUT2D eigenvalue weighted by Crippen LogP contribution is -1.99. The zero-order chi connectivity index (χ0) is 14.7. The maximum atomic E-state index is 9.09. The largest absolute Gasteiger partial charge is 0.419 e. The molecular formula is C13H21Cl2O3P. The van der Waals surface area contributed by atoms with Gasteiger partial charge in [-0.1, -0.05) is 50.1 Å². The minimum Gasteiger partial charge on any atom is -0.313 e. The van der Waals surface area contributed by atoms with Crippen LogP contribution in [0.4, 0.5) is 0 Å². The quantitative estimate of drug-likeness (QED) is 0.456. The molecule has 1 aromatic carbocycles.